The van der Waals surface area contributed by atoms with Gasteiger partial charge in [-0.1, -0.05) is 20.8 Å². The van der Waals surface area contributed by atoms with Crippen LogP contribution < -0.4 is 11.1 Å². The third-order valence-corrected chi connectivity index (χ3v) is 4.93. The first-order valence-corrected chi connectivity index (χ1v) is 7.14. The molecule has 3 nitrogen and oxygen atoms in total. The lowest BCUT2D eigenvalue weighted by atomic mass is 9.61. The van der Waals surface area contributed by atoms with Crippen molar-refractivity contribution in [1.29, 1.82) is 0 Å². The number of rotatable bonds is 2. The summed E-state index contributed by atoms with van der Waals surface area (Å²) < 4.78 is 12.9. The Kier molecular flexibility index (Phi) is 4.14. The van der Waals surface area contributed by atoms with Gasteiger partial charge in [-0.15, -0.1) is 0 Å². The zero-order chi connectivity index (χ0) is 14.9. The SMILES string of the molecule is CC1C(N)CCC(C(=O)Nc2ccc(F)cc2)C1(C)C. The van der Waals surface area contributed by atoms with E-state index in [4.69, 9.17) is 5.73 Å². The van der Waals surface area contributed by atoms with Crippen molar-refractivity contribution in [2.24, 2.45) is 23.0 Å². The largest absolute Gasteiger partial charge is 0.327 e. The molecule has 110 valence electrons. The van der Waals surface area contributed by atoms with Crippen LogP contribution in [0.1, 0.15) is 33.6 Å². The first-order chi connectivity index (χ1) is 9.32. The second-order valence-corrected chi connectivity index (χ2v) is 6.40. The third-order valence-electron chi connectivity index (χ3n) is 4.93. The van der Waals surface area contributed by atoms with Crippen LogP contribution in [0.4, 0.5) is 10.1 Å². The fourth-order valence-corrected chi connectivity index (χ4v) is 3.08. The monoisotopic (exact) mass is 278 g/mol. The fraction of sp³-hybridized carbons (Fsp3) is 0.562. The fourth-order valence-electron chi connectivity index (χ4n) is 3.08. The van der Waals surface area contributed by atoms with Crippen LogP contribution in [0.3, 0.4) is 0 Å². The van der Waals surface area contributed by atoms with Crippen LogP contribution in [0.15, 0.2) is 24.3 Å². The molecular weight excluding hydrogens is 255 g/mol. The molecular formula is C16H23FN2O. The van der Waals surface area contributed by atoms with Crippen molar-refractivity contribution in [3.05, 3.63) is 30.1 Å². The topological polar surface area (TPSA) is 55.1 Å². The van der Waals surface area contributed by atoms with E-state index in [1.807, 2.05) is 0 Å². The Morgan fingerprint density at radius 1 is 1.30 bits per heavy atom. The van der Waals surface area contributed by atoms with Crippen molar-refractivity contribution in [2.45, 2.75) is 39.7 Å². The molecule has 3 atom stereocenters. The van der Waals surface area contributed by atoms with E-state index in [0.29, 0.717) is 11.6 Å². The summed E-state index contributed by atoms with van der Waals surface area (Å²) in [6.45, 7) is 6.32. The Morgan fingerprint density at radius 3 is 2.50 bits per heavy atom. The van der Waals surface area contributed by atoms with E-state index in [-0.39, 0.29) is 29.1 Å². The minimum absolute atomic E-state index is 0.000332. The van der Waals surface area contributed by atoms with Crippen LogP contribution in [0.2, 0.25) is 0 Å². The Morgan fingerprint density at radius 2 is 1.90 bits per heavy atom. The first-order valence-electron chi connectivity index (χ1n) is 7.14. The van der Waals surface area contributed by atoms with Gasteiger partial charge in [-0.2, -0.15) is 0 Å². The average Bonchev–Trinajstić information content (AvgIpc) is 2.38. The van der Waals surface area contributed by atoms with E-state index in [9.17, 15) is 9.18 Å². The zero-order valence-electron chi connectivity index (χ0n) is 12.3. The van der Waals surface area contributed by atoms with E-state index in [2.05, 4.69) is 26.1 Å². The maximum absolute atomic E-state index is 12.9. The van der Waals surface area contributed by atoms with Crippen LogP contribution in [0, 0.1) is 23.1 Å². The minimum Gasteiger partial charge on any atom is -0.327 e. The maximum atomic E-state index is 12.9. The molecule has 1 fully saturated rings. The highest BCUT2D eigenvalue weighted by molar-refractivity contribution is 5.93. The van der Waals surface area contributed by atoms with Crippen molar-refractivity contribution in [3.63, 3.8) is 0 Å². The molecule has 4 heteroatoms. The van der Waals surface area contributed by atoms with Crippen LogP contribution >= 0.6 is 0 Å². The lowest BCUT2D eigenvalue weighted by molar-refractivity contribution is -0.127. The summed E-state index contributed by atoms with van der Waals surface area (Å²) in [5.74, 6) is -0.0801. The molecule has 0 bridgehead atoms. The summed E-state index contributed by atoms with van der Waals surface area (Å²) in [6, 6.07) is 6.01. The van der Waals surface area contributed by atoms with Gasteiger partial charge in [0.2, 0.25) is 5.91 Å². The predicted molar refractivity (Wildman–Crippen MR) is 78.7 cm³/mol. The molecule has 0 aliphatic heterocycles. The molecule has 0 aromatic heterocycles. The number of carbonyl (C=O) groups excluding carboxylic acids is 1. The lowest BCUT2D eigenvalue weighted by Crippen LogP contribution is -2.50. The second kappa shape index (κ2) is 5.52. The average molecular weight is 278 g/mol. The first kappa shape index (κ1) is 15.0. The lowest BCUT2D eigenvalue weighted by Gasteiger charge is -2.46. The molecule has 0 radical (unpaired) electrons. The number of nitrogens with one attached hydrogen (secondary N) is 1. The quantitative estimate of drug-likeness (QED) is 0.873. The van der Waals surface area contributed by atoms with Crippen molar-refractivity contribution < 1.29 is 9.18 Å². The molecule has 0 heterocycles. The number of anilines is 1. The molecule has 20 heavy (non-hydrogen) atoms. The highest BCUT2D eigenvalue weighted by Gasteiger charge is 2.44. The number of halogens is 1. The van der Waals surface area contributed by atoms with Gasteiger partial charge in [0, 0.05) is 17.6 Å². The third kappa shape index (κ3) is 2.85. The smallest absolute Gasteiger partial charge is 0.228 e. The maximum Gasteiger partial charge on any atom is 0.228 e. The van der Waals surface area contributed by atoms with Crippen LogP contribution in [-0.2, 0) is 4.79 Å². The van der Waals surface area contributed by atoms with E-state index in [1.165, 1.54) is 12.1 Å². The standard InChI is InChI=1S/C16H23FN2O/c1-10-14(18)9-8-13(16(10,2)3)15(20)19-12-6-4-11(17)5-7-12/h4-7,10,13-14H,8-9,18H2,1-3H3,(H,19,20). The van der Waals surface area contributed by atoms with Gasteiger partial charge < -0.3 is 11.1 Å². The number of carbonyl (C=O) groups is 1. The molecule has 2 rings (SSSR count). The molecule has 1 aliphatic rings. The van der Waals surface area contributed by atoms with Gasteiger partial charge in [-0.25, -0.2) is 4.39 Å². The number of nitrogens with two attached hydrogens (primary N) is 1. The minimum atomic E-state index is -0.305. The van der Waals surface area contributed by atoms with E-state index >= 15 is 0 Å². The summed E-state index contributed by atoms with van der Waals surface area (Å²) in [5.41, 5.74) is 6.61. The van der Waals surface area contributed by atoms with Crippen molar-refractivity contribution in [1.82, 2.24) is 0 Å². The molecule has 3 unspecified atom stereocenters. The number of amides is 1. The molecule has 3 N–H and O–H groups in total. The van der Waals surface area contributed by atoms with E-state index in [1.54, 1.807) is 12.1 Å². The summed E-state index contributed by atoms with van der Waals surface area (Å²) >= 11 is 0. The summed E-state index contributed by atoms with van der Waals surface area (Å²) in [6.07, 6.45) is 1.66. The Labute approximate surface area is 119 Å². The highest BCUT2D eigenvalue weighted by atomic mass is 19.1. The molecule has 1 amide bonds. The van der Waals surface area contributed by atoms with Crippen LogP contribution in [0.5, 0.6) is 0 Å². The Hall–Kier alpha value is -1.42. The summed E-state index contributed by atoms with van der Waals surface area (Å²) in [4.78, 5) is 12.5. The highest BCUT2D eigenvalue weighted by Crippen LogP contribution is 2.44. The van der Waals surface area contributed by atoms with Crippen molar-refractivity contribution in [3.8, 4) is 0 Å². The Balaban J connectivity index is 2.10. The van der Waals surface area contributed by atoms with Gasteiger partial charge in [0.1, 0.15) is 5.82 Å². The van der Waals surface area contributed by atoms with Gasteiger partial charge in [0.25, 0.3) is 0 Å². The summed E-state index contributed by atoms with van der Waals surface area (Å²) in [5, 5.41) is 2.88. The van der Waals surface area contributed by atoms with Crippen LogP contribution in [-0.4, -0.2) is 11.9 Å². The number of benzene rings is 1. The predicted octanol–water partition coefficient (Wildman–Crippen LogP) is 3.16. The van der Waals surface area contributed by atoms with Crippen molar-refractivity contribution >= 4 is 11.6 Å². The van der Waals surface area contributed by atoms with Gasteiger partial charge in [-0.05, 0) is 48.4 Å². The summed E-state index contributed by atoms with van der Waals surface area (Å²) in [7, 11) is 0. The van der Waals surface area contributed by atoms with E-state index in [0.717, 1.165) is 12.8 Å². The van der Waals surface area contributed by atoms with Crippen LogP contribution in [0.25, 0.3) is 0 Å². The molecule has 0 saturated heterocycles. The molecule has 1 aromatic rings. The van der Waals surface area contributed by atoms with Gasteiger partial charge in [-0.3, -0.25) is 4.79 Å². The van der Waals surface area contributed by atoms with Crippen molar-refractivity contribution in [2.75, 3.05) is 5.32 Å². The normalized spacial score (nSPS) is 28.9. The Bertz CT molecular complexity index is 484. The van der Waals surface area contributed by atoms with Gasteiger partial charge >= 0.3 is 0 Å². The van der Waals surface area contributed by atoms with E-state index < -0.39 is 0 Å². The molecule has 1 aromatic carbocycles. The molecule has 0 spiro atoms. The number of hydrogen-bond donors (Lipinski definition) is 2. The van der Waals surface area contributed by atoms with Gasteiger partial charge in [0.15, 0.2) is 0 Å². The van der Waals surface area contributed by atoms with Gasteiger partial charge in [0.05, 0.1) is 0 Å². The number of hydrogen-bond acceptors (Lipinski definition) is 2. The molecule has 1 aliphatic carbocycles. The zero-order valence-corrected chi connectivity index (χ0v) is 12.3. The molecule has 1 saturated carbocycles. The second-order valence-electron chi connectivity index (χ2n) is 6.40.